The number of rotatable bonds is 27. The normalized spacial score (nSPS) is 36.7. The molecule has 4 aromatic rings. The second-order valence-corrected chi connectivity index (χ2v) is 43.7. The number of nitrogens with zero attached hydrogens (tertiary/aromatic N) is 3. The molecule has 0 radical (unpaired) electrons. The molecule has 0 spiro atoms. The fraction of sp³-hybridized carbons (Fsp3) is 0.714. The van der Waals surface area contributed by atoms with Crippen molar-refractivity contribution in [3.05, 3.63) is 124 Å². The average Bonchev–Trinajstić information content (AvgIpc) is 1.58. The summed E-state index contributed by atoms with van der Waals surface area (Å²) in [6, 6.07) is 20.3. The molecule has 12 aliphatic rings. The van der Waals surface area contributed by atoms with E-state index in [4.69, 9.17) is 28.4 Å². The molecule has 0 aliphatic heterocycles. The number of allylic oxidation sites excluding steroid dienone is 3. The molecule has 12 aliphatic carbocycles. The van der Waals surface area contributed by atoms with Gasteiger partial charge in [0.05, 0.1) is 16.7 Å². The van der Waals surface area contributed by atoms with Gasteiger partial charge in [-0.3, -0.25) is 0 Å². The first-order chi connectivity index (χ1) is 56.0. The van der Waals surface area contributed by atoms with E-state index < -0.39 is 0 Å². The maximum atomic E-state index is 14.1. The van der Waals surface area contributed by atoms with Crippen molar-refractivity contribution in [3.8, 4) is 35.3 Å². The Hall–Kier alpha value is -6.30. The number of benzene rings is 3. The van der Waals surface area contributed by atoms with Crippen molar-refractivity contribution in [1.29, 1.82) is 0 Å². The molecule has 12 heteroatoms. The summed E-state index contributed by atoms with van der Waals surface area (Å²) in [5.74, 6) is 14.0. The number of esters is 3. The van der Waals surface area contributed by atoms with Crippen LogP contribution in [0.5, 0.6) is 35.3 Å². The van der Waals surface area contributed by atoms with Gasteiger partial charge < -0.3 is 28.4 Å². The number of carbonyl (C=O) groups excluding carboxylic acids is 3. The van der Waals surface area contributed by atoms with Crippen LogP contribution in [0.3, 0.4) is 0 Å². The highest BCUT2D eigenvalue weighted by Gasteiger charge is 2.63. The van der Waals surface area contributed by atoms with Gasteiger partial charge in [0.2, 0.25) is 0 Å². The molecule has 9 fully saturated rings. The van der Waals surface area contributed by atoms with Crippen LogP contribution in [0.4, 0.5) is 0 Å². The van der Waals surface area contributed by atoms with Crippen LogP contribution in [-0.2, 0) is 14.2 Å². The van der Waals surface area contributed by atoms with Crippen molar-refractivity contribution in [2.75, 3.05) is 0 Å². The SMILES string of the molecule is CC(C)CCC[C@@H](C)[C@H]1CC[C@H]2[C@@H]3CC=C4C[C@@H](OC(=O)c5ccc(Oc6nc(Oc7ccc(C(=O)O[C@H]8CC[C@@]9(C)C(=CC[C@H]%10[C@@H]%11CC[C@H]([C@H](C)CCCC(C)C)[C@@]%11(C)CC[C@@H]%109)C8)cc7)nc(Oc7ccc(C(=O)O[C@H]8CC[C@@]9(C)C(=CC[C@H]%10[C@@H]%11CC[C@H]([C@H](C)CCCC(C)C)[C@@]%11(C)CC[C@@H]%109)C8)cc7)n6)cc5)CC[C@]4(C)[C@H]3CC[C@]12C. The first-order valence-corrected chi connectivity index (χ1v) is 47.8. The van der Waals surface area contributed by atoms with E-state index in [2.05, 4.69) is 137 Å². The summed E-state index contributed by atoms with van der Waals surface area (Å²) in [6.07, 6.45) is 47.2. The third-order valence-electron chi connectivity index (χ3n) is 36.1. The largest absolute Gasteiger partial charge is 0.458 e. The summed E-state index contributed by atoms with van der Waals surface area (Å²) >= 11 is 0. The molecule has 0 N–H and O–H groups in total. The molecule has 0 amide bonds. The standard InChI is InChI=1S/C105H147N3O9/c1-64(2)19-16-22-67(7)85-43-46-88-82-40-31-73-61-79(49-55-100(73,10)91(82)52-58-103(85,88)13)112-94(109)70-25-34-76(35-26-70)115-97-106-98(116-77-36-27-71(28-37-77)95(110)113-80-50-56-101(11)74(62-80)32-41-83-89-47-44-86(68(8)23-17-20-65(3)4)104(89,14)59-53-92(83)101)108-99(107-97)117-78-38-29-72(30-39-78)96(111)114-81-51-57-102(12)75(63-81)33-42-84-90-48-45-87(69(9)24-18-21-66(5)6)105(90,15)60-54-93(84)102/h25-39,64-69,79-93H,16-24,40-63H2,1-15H3/t67-,68-,69-,79+,80+,81+,82+,83+,84+,85-,86-,87-,88+,89+,90+,91+,92+,93+,100+,101+,102+,103-,104-,105-/m1/s1. The Morgan fingerprint density at radius 3 is 0.855 bits per heavy atom. The van der Waals surface area contributed by atoms with Gasteiger partial charge in [-0.2, -0.15) is 0 Å². The van der Waals surface area contributed by atoms with Gasteiger partial charge in [0.15, 0.2) is 0 Å². The first-order valence-electron chi connectivity index (χ1n) is 47.8. The zero-order valence-electron chi connectivity index (χ0n) is 74.6. The first kappa shape index (κ1) is 84.3. The molecule has 1 heterocycles. The summed E-state index contributed by atoms with van der Waals surface area (Å²) in [5, 5.41) is 0. The van der Waals surface area contributed by atoms with E-state index in [1.54, 1.807) is 72.8 Å². The summed E-state index contributed by atoms with van der Waals surface area (Å²) in [7, 11) is 0. The Labute approximate surface area is 704 Å². The topological polar surface area (TPSA) is 145 Å². The number of ether oxygens (including phenoxy) is 6. The molecular weight excluding hydrogens is 1450 g/mol. The lowest BCUT2D eigenvalue weighted by molar-refractivity contribution is -0.0594. The second kappa shape index (κ2) is 34.2. The van der Waals surface area contributed by atoms with Gasteiger partial charge in [-0.05, 0) is 347 Å². The Bertz CT molecular complexity index is 3830. The molecule has 636 valence electrons. The van der Waals surface area contributed by atoms with Crippen LogP contribution in [0.15, 0.2) is 108 Å². The maximum absolute atomic E-state index is 14.1. The van der Waals surface area contributed by atoms with Gasteiger partial charge in [-0.1, -0.05) is 197 Å². The zero-order chi connectivity index (χ0) is 82.1. The molecule has 3 aromatic carbocycles. The van der Waals surface area contributed by atoms with E-state index in [1.165, 1.54) is 152 Å². The van der Waals surface area contributed by atoms with Gasteiger partial charge in [0.25, 0.3) is 0 Å². The minimum absolute atomic E-state index is 0.112. The second-order valence-electron chi connectivity index (χ2n) is 43.7. The van der Waals surface area contributed by atoms with Gasteiger partial charge >= 0.3 is 35.9 Å². The van der Waals surface area contributed by atoms with Gasteiger partial charge in [0.1, 0.15) is 35.6 Å². The lowest BCUT2D eigenvalue weighted by Crippen LogP contribution is -2.51. The van der Waals surface area contributed by atoms with Crippen molar-refractivity contribution < 1.29 is 42.8 Å². The van der Waals surface area contributed by atoms with Gasteiger partial charge in [-0.15, -0.1) is 15.0 Å². The minimum Gasteiger partial charge on any atom is -0.458 e. The van der Waals surface area contributed by atoms with Crippen molar-refractivity contribution in [2.45, 2.75) is 334 Å². The van der Waals surface area contributed by atoms with E-state index in [0.717, 1.165) is 166 Å². The van der Waals surface area contributed by atoms with Crippen LogP contribution in [0, 0.1) is 139 Å². The summed E-state index contributed by atoms with van der Waals surface area (Å²) in [4.78, 5) is 56.1. The smallest absolute Gasteiger partial charge is 0.338 e. The summed E-state index contributed by atoms with van der Waals surface area (Å²) in [5.41, 5.74) is 7.59. The maximum Gasteiger partial charge on any atom is 0.338 e. The molecule has 9 saturated carbocycles. The van der Waals surface area contributed by atoms with Crippen LogP contribution < -0.4 is 14.2 Å². The third-order valence-corrected chi connectivity index (χ3v) is 36.1. The summed E-state index contributed by atoms with van der Waals surface area (Å²) in [6.45, 7) is 37.5. The minimum atomic E-state index is -0.349. The van der Waals surface area contributed by atoms with E-state index in [-0.39, 0.29) is 70.5 Å². The number of fused-ring (bicyclic) bond motifs is 15. The molecule has 117 heavy (non-hydrogen) atoms. The molecule has 1 aromatic heterocycles. The van der Waals surface area contributed by atoms with Crippen LogP contribution >= 0.6 is 0 Å². The molecule has 16 rings (SSSR count). The highest BCUT2D eigenvalue weighted by atomic mass is 16.6. The van der Waals surface area contributed by atoms with Gasteiger partial charge in [0, 0.05) is 19.3 Å². The van der Waals surface area contributed by atoms with E-state index in [0.29, 0.717) is 67.9 Å². The monoisotopic (exact) mass is 1590 g/mol. The van der Waals surface area contributed by atoms with Crippen LogP contribution in [0.2, 0.25) is 0 Å². The average molecular weight is 1600 g/mol. The molecule has 24 atom stereocenters. The fourth-order valence-corrected chi connectivity index (χ4v) is 29.7. The van der Waals surface area contributed by atoms with Crippen LogP contribution in [0.25, 0.3) is 0 Å². The highest BCUT2D eigenvalue weighted by molar-refractivity contribution is 5.91. The quantitative estimate of drug-likeness (QED) is 0.0318. The third kappa shape index (κ3) is 16.7. The summed E-state index contributed by atoms with van der Waals surface area (Å²) < 4.78 is 38.2. The molecule has 12 nitrogen and oxygen atoms in total. The predicted octanol–water partition coefficient (Wildman–Crippen LogP) is 27.9. The Kier molecular flexibility index (Phi) is 24.6. The molecular formula is C105H147N3O9. The van der Waals surface area contributed by atoms with Crippen LogP contribution in [-0.4, -0.2) is 51.2 Å². The number of carbonyl (C=O) groups is 3. The van der Waals surface area contributed by atoms with E-state index >= 15 is 0 Å². The fourth-order valence-electron chi connectivity index (χ4n) is 29.7. The lowest BCUT2D eigenvalue weighted by atomic mass is 9.47. The van der Waals surface area contributed by atoms with Crippen molar-refractivity contribution >= 4 is 17.9 Å². The van der Waals surface area contributed by atoms with Crippen LogP contribution in [0.1, 0.15) is 347 Å². The molecule has 0 unspecified atom stereocenters. The van der Waals surface area contributed by atoms with Gasteiger partial charge in [-0.25, -0.2) is 14.4 Å². The van der Waals surface area contributed by atoms with Crippen molar-refractivity contribution in [2.24, 2.45) is 139 Å². The number of hydrogen-bond donors (Lipinski definition) is 0. The molecule has 0 bridgehead atoms. The van der Waals surface area contributed by atoms with Crippen molar-refractivity contribution in [3.63, 3.8) is 0 Å². The number of aromatic nitrogens is 3. The Balaban J connectivity index is 0.563. The van der Waals surface area contributed by atoms with Crippen molar-refractivity contribution in [1.82, 2.24) is 15.0 Å². The highest BCUT2D eigenvalue weighted by Crippen LogP contribution is 2.71. The number of hydrogen-bond acceptors (Lipinski definition) is 12. The predicted molar refractivity (Wildman–Crippen MR) is 466 cm³/mol. The Morgan fingerprint density at radius 1 is 0.333 bits per heavy atom. The Morgan fingerprint density at radius 2 is 0.598 bits per heavy atom. The van der Waals surface area contributed by atoms with E-state index in [1.807, 2.05) is 0 Å². The zero-order valence-corrected chi connectivity index (χ0v) is 74.6. The molecule has 0 saturated heterocycles. The van der Waals surface area contributed by atoms with E-state index in [9.17, 15) is 14.4 Å². The lowest BCUT2D eigenvalue weighted by Gasteiger charge is -2.58.